The largest absolute Gasteiger partial charge is 0.459 e. The van der Waals surface area contributed by atoms with Crippen molar-refractivity contribution in [1.82, 2.24) is 0 Å². The molecular weight excluding hydrogens is 284 g/mol. The van der Waals surface area contributed by atoms with Crippen molar-refractivity contribution in [3.05, 3.63) is 0 Å². The predicted molar refractivity (Wildman–Crippen MR) is 78.2 cm³/mol. The summed E-state index contributed by atoms with van der Waals surface area (Å²) in [6.45, 7) is 6.64. The molecule has 0 N–H and O–H groups in total. The summed E-state index contributed by atoms with van der Waals surface area (Å²) >= 11 is 7.27. The third-order valence-corrected chi connectivity index (χ3v) is 5.61. The molecule has 0 bridgehead atoms. The molecule has 2 unspecified atom stereocenters. The molecule has 5 heteroatoms. The standard InChI is InChI=1S/C14H23ClO3S/c1-8(2)10-5-4-9(3)6-11(10)17-13(16)14-18-12(15)7-19-14/h8-12,14H,4-7H2,1-3H3/t9-,10+,11-,12?,14?/m1/s1. The molecule has 0 aromatic rings. The molecule has 3 nitrogen and oxygen atoms in total. The van der Waals surface area contributed by atoms with Gasteiger partial charge in [0.1, 0.15) is 11.7 Å². The Bertz CT molecular complexity index is 324. The summed E-state index contributed by atoms with van der Waals surface area (Å²) in [5.74, 6) is 2.04. The van der Waals surface area contributed by atoms with Crippen LogP contribution < -0.4 is 0 Å². The minimum absolute atomic E-state index is 0.0369. The maximum Gasteiger partial charge on any atom is 0.346 e. The Morgan fingerprint density at radius 3 is 2.74 bits per heavy atom. The molecule has 2 rings (SSSR count). The van der Waals surface area contributed by atoms with Crippen LogP contribution in [0.1, 0.15) is 40.0 Å². The Labute approximate surface area is 124 Å². The van der Waals surface area contributed by atoms with E-state index >= 15 is 0 Å². The summed E-state index contributed by atoms with van der Waals surface area (Å²) in [6, 6.07) is 0. The van der Waals surface area contributed by atoms with E-state index in [1.165, 1.54) is 18.2 Å². The molecule has 2 aliphatic rings. The summed E-state index contributed by atoms with van der Waals surface area (Å²) in [5, 5.41) is 0. The molecule has 19 heavy (non-hydrogen) atoms. The highest BCUT2D eigenvalue weighted by atomic mass is 35.5. The zero-order valence-corrected chi connectivity index (χ0v) is 13.4. The number of hydrogen-bond acceptors (Lipinski definition) is 4. The van der Waals surface area contributed by atoms with E-state index in [1.807, 2.05) is 0 Å². The molecule has 1 heterocycles. The zero-order valence-electron chi connectivity index (χ0n) is 11.8. The van der Waals surface area contributed by atoms with Gasteiger partial charge in [0, 0.05) is 5.75 Å². The third kappa shape index (κ3) is 4.02. The average molecular weight is 307 g/mol. The van der Waals surface area contributed by atoms with E-state index in [9.17, 15) is 4.79 Å². The number of thioether (sulfide) groups is 1. The molecule has 2 fully saturated rings. The van der Waals surface area contributed by atoms with Crippen LogP contribution in [0.5, 0.6) is 0 Å². The monoisotopic (exact) mass is 306 g/mol. The second kappa shape index (κ2) is 6.68. The highest BCUT2D eigenvalue weighted by Crippen LogP contribution is 2.36. The number of ether oxygens (including phenoxy) is 2. The van der Waals surface area contributed by atoms with E-state index in [0.29, 0.717) is 23.5 Å². The Hall–Kier alpha value is 0.0700. The molecule has 0 radical (unpaired) electrons. The van der Waals surface area contributed by atoms with Crippen LogP contribution in [0.4, 0.5) is 0 Å². The van der Waals surface area contributed by atoms with E-state index in [4.69, 9.17) is 21.1 Å². The number of carbonyl (C=O) groups excluding carboxylic acids is 1. The van der Waals surface area contributed by atoms with Gasteiger partial charge in [-0.3, -0.25) is 0 Å². The summed E-state index contributed by atoms with van der Waals surface area (Å²) in [6.07, 6.45) is 3.38. The first-order valence-electron chi connectivity index (χ1n) is 7.09. The summed E-state index contributed by atoms with van der Waals surface area (Å²) in [5.41, 5.74) is -0.902. The predicted octanol–water partition coefficient (Wildman–Crippen LogP) is 3.64. The van der Waals surface area contributed by atoms with Crippen molar-refractivity contribution >= 4 is 29.3 Å². The van der Waals surface area contributed by atoms with Crippen molar-refractivity contribution in [2.45, 2.75) is 57.1 Å². The summed E-state index contributed by atoms with van der Waals surface area (Å²) < 4.78 is 11.1. The van der Waals surface area contributed by atoms with Gasteiger partial charge in [0.2, 0.25) is 5.44 Å². The summed E-state index contributed by atoms with van der Waals surface area (Å²) in [7, 11) is 0. The molecule has 5 atom stereocenters. The quantitative estimate of drug-likeness (QED) is 0.589. The van der Waals surface area contributed by atoms with Crippen LogP contribution in [0.3, 0.4) is 0 Å². The van der Waals surface area contributed by atoms with E-state index in [-0.39, 0.29) is 17.6 Å². The van der Waals surface area contributed by atoms with Crippen molar-refractivity contribution in [3.63, 3.8) is 0 Å². The van der Waals surface area contributed by atoms with E-state index < -0.39 is 5.44 Å². The molecule has 1 saturated heterocycles. The van der Waals surface area contributed by atoms with Crippen LogP contribution in [0.15, 0.2) is 0 Å². The maximum atomic E-state index is 12.1. The fourth-order valence-electron chi connectivity index (χ4n) is 2.95. The summed E-state index contributed by atoms with van der Waals surface area (Å²) in [4.78, 5) is 12.1. The van der Waals surface area contributed by atoms with E-state index in [0.717, 1.165) is 12.8 Å². The first-order valence-corrected chi connectivity index (χ1v) is 8.57. The molecular formula is C14H23ClO3S. The SMILES string of the molecule is CC(C)[C@@H]1CC[C@@H](C)C[C@H]1OC(=O)C1OC(Cl)CS1. The highest BCUT2D eigenvalue weighted by Gasteiger charge is 2.37. The molecule has 0 amide bonds. The minimum atomic E-state index is -0.535. The smallest absolute Gasteiger partial charge is 0.346 e. The van der Waals surface area contributed by atoms with Gasteiger partial charge in [-0.1, -0.05) is 38.8 Å². The van der Waals surface area contributed by atoms with Gasteiger partial charge in [0.05, 0.1) is 0 Å². The average Bonchev–Trinajstić information content (AvgIpc) is 2.75. The van der Waals surface area contributed by atoms with Crippen LogP contribution in [0, 0.1) is 17.8 Å². The van der Waals surface area contributed by atoms with Crippen LogP contribution in [-0.4, -0.2) is 28.8 Å². The van der Waals surface area contributed by atoms with Gasteiger partial charge in [0.25, 0.3) is 0 Å². The molecule has 1 aliphatic heterocycles. The number of esters is 1. The van der Waals surface area contributed by atoms with Gasteiger partial charge in [-0.15, -0.1) is 11.8 Å². The minimum Gasteiger partial charge on any atom is -0.459 e. The first kappa shape index (κ1) is 15.5. The number of alkyl halides is 1. The third-order valence-electron chi connectivity index (χ3n) is 4.07. The van der Waals surface area contributed by atoms with Crippen molar-refractivity contribution in [2.75, 3.05) is 5.75 Å². The number of halogens is 1. The number of carbonyl (C=O) groups is 1. The second-order valence-corrected chi connectivity index (χ2v) is 7.59. The lowest BCUT2D eigenvalue weighted by atomic mass is 9.75. The number of rotatable bonds is 3. The van der Waals surface area contributed by atoms with Crippen molar-refractivity contribution in [2.24, 2.45) is 17.8 Å². The maximum absolute atomic E-state index is 12.1. The molecule has 0 spiro atoms. The molecule has 1 saturated carbocycles. The van der Waals surface area contributed by atoms with Gasteiger partial charge in [-0.25, -0.2) is 4.79 Å². The lowest BCUT2D eigenvalue weighted by molar-refractivity contribution is -0.163. The van der Waals surface area contributed by atoms with E-state index in [2.05, 4.69) is 20.8 Å². The Morgan fingerprint density at radius 2 is 2.16 bits per heavy atom. The highest BCUT2D eigenvalue weighted by molar-refractivity contribution is 8.00. The van der Waals surface area contributed by atoms with Crippen LogP contribution in [0.25, 0.3) is 0 Å². The van der Waals surface area contributed by atoms with Gasteiger partial charge >= 0.3 is 5.97 Å². The normalized spacial score (nSPS) is 39.5. The van der Waals surface area contributed by atoms with Crippen LogP contribution in [0.2, 0.25) is 0 Å². The molecule has 0 aromatic heterocycles. The van der Waals surface area contributed by atoms with Crippen LogP contribution in [-0.2, 0) is 14.3 Å². The van der Waals surface area contributed by atoms with E-state index in [1.54, 1.807) is 0 Å². The molecule has 1 aliphatic carbocycles. The Morgan fingerprint density at radius 1 is 1.42 bits per heavy atom. The van der Waals surface area contributed by atoms with Gasteiger partial charge in [-0.2, -0.15) is 0 Å². The number of hydrogen-bond donors (Lipinski definition) is 0. The second-order valence-electron chi connectivity index (χ2n) is 6.01. The van der Waals surface area contributed by atoms with Gasteiger partial charge in [0.15, 0.2) is 0 Å². The fraction of sp³-hybridized carbons (Fsp3) is 0.929. The van der Waals surface area contributed by atoms with Crippen molar-refractivity contribution in [1.29, 1.82) is 0 Å². The first-order chi connectivity index (χ1) is 8.97. The van der Waals surface area contributed by atoms with Crippen molar-refractivity contribution < 1.29 is 14.3 Å². The lowest BCUT2D eigenvalue weighted by Gasteiger charge is -2.37. The van der Waals surface area contributed by atoms with Crippen LogP contribution >= 0.6 is 23.4 Å². The van der Waals surface area contributed by atoms with Gasteiger partial charge < -0.3 is 9.47 Å². The van der Waals surface area contributed by atoms with Crippen molar-refractivity contribution in [3.8, 4) is 0 Å². The zero-order chi connectivity index (χ0) is 14.0. The topological polar surface area (TPSA) is 35.5 Å². The lowest BCUT2D eigenvalue weighted by Crippen LogP contribution is -2.38. The Balaban J connectivity index is 1.92. The van der Waals surface area contributed by atoms with Gasteiger partial charge in [-0.05, 0) is 30.6 Å². The molecule has 0 aromatic carbocycles. The Kier molecular flexibility index (Phi) is 5.44. The fourth-order valence-corrected chi connectivity index (χ4v) is 4.15. The molecule has 110 valence electrons.